The van der Waals surface area contributed by atoms with E-state index in [1.165, 1.54) is 11.3 Å². The van der Waals surface area contributed by atoms with Gasteiger partial charge < -0.3 is 4.90 Å². The minimum atomic E-state index is 0.660. The summed E-state index contributed by atoms with van der Waals surface area (Å²) >= 11 is 1.52. The number of anilines is 1. The van der Waals surface area contributed by atoms with E-state index in [0.717, 1.165) is 26.9 Å². The lowest BCUT2D eigenvalue weighted by Gasteiger charge is -2.11. The van der Waals surface area contributed by atoms with Crippen molar-refractivity contribution in [3.05, 3.63) is 48.7 Å². The lowest BCUT2D eigenvalue weighted by Crippen LogP contribution is -2.07. The molecule has 0 fully saturated rings. The molecule has 0 N–H and O–H groups in total. The van der Waals surface area contributed by atoms with Crippen LogP contribution in [0.1, 0.15) is 0 Å². The SMILES string of the molecule is CN(C)c1ccc(-c2nn3c(-c4ccccn4)nnc3s2)cc1. The second kappa shape index (κ2) is 5.44. The van der Waals surface area contributed by atoms with E-state index in [2.05, 4.69) is 49.4 Å². The average Bonchev–Trinajstić information content (AvgIpc) is 3.16. The van der Waals surface area contributed by atoms with Gasteiger partial charge in [0, 0.05) is 31.5 Å². The number of nitrogens with zero attached hydrogens (tertiary/aromatic N) is 6. The Morgan fingerprint density at radius 1 is 1.00 bits per heavy atom. The van der Waals surface area contributed by atoms with E-state index in [1.54, 1.807) is 10.7 Å². The average molecular weight is 322 g/mol. The fourth-order valence-corrected chi connectivity index (χ4v) is 3.14. The quantitative estimate of drug-likeness (QED) is 0.580. The largest absolute Gasteiger partial charge is 0.378 e. The molecule has 0 atom stereocenters. The fraction of sp³-hybridized carbons (Fsp3) is 0.125. The highest BCUT2D eigenvalue weighted by Crippen LogP contribution is 2.28. The van der Waals surface area contributed by atoms with E-state index >= 15 is 0 Å². The van der Waals surface area contributed by atoms with Crippen LogP contribution in [0, 0.1) is 0 Å². The van der Waals surface area contributed by atoms with Gasteiger partial charge in [0.2, 0.25) is 10.8 Å². The van der Waals surface area contributed by atoms with Gasteiger partial charge in [-0.25, -0.2) is 0 Å². The summed E-state index contributed by atoms with van der Waals surface area (Å²) in [6.45, 7) is 0. The van der Waals surface area contributed by atoms with Crippen molar-refractivity contribution >= 4 is 22.0 Å². The summed E-state index contributed by atoms with van der Waals surface area (Å²) in [7, 11) is 4.05. The van der Waals surface area contributed by atoms with Gasteiger partial charge in [0.05, 0.1) is 0 Å². The number of pyridine rings is 1. The molecule has 6 nitrogen and oxygen atoms in total. The third-order valence-corrected chi connectivity index (χ3v) is 4.46. The topological polar surface area (TPSA) is 59.2 Å². The van der Waals surface area contributed by atoms with Gasteiger partial charge in [-0.3, -0.25) is 4.98 Å². The summed E-state index contributed by atoms with van der Waals surface area (Å²) in [5.41, 5.74) is 2.99. The highest BCUT2D eigenvalue weighted by Gasteiger charge is 2.15. The number of rotatable bonds is 3. The predicted molar refractivity (Wildman–Crippen MR) is 91.7 cm³/mol. The van der Waals surface area contributed by atoms with Crippen LogP contribution in [0.5, 0.6) is 0 Å². The Labute approximate surface area is 137 Å². The summed E-state index contributed by atoms with van der Waals surface area (Å²) in [6, 6.07) is 14.0. The van der Waals surface area contributed by atoms with Gasteiger partial charge in [0.15, 0.2) is 0 Å². The molecule has 0 spiro atoms. The smallest absolute Gasteiger partial charge is 0.235 e. The molecule has 0 aliphatic heterocycles. The number of hydrogen-bond donors (Lipinski definition) is 0. The molecule has 4 rings (SSSR count). The molecule has 0 bridgehead atoms. The Balaban J connectivity index is 1.76. The molecule has 0 saturated carbocycles. The first-order valence-electron chi connectivity index (χ1n) is 7.14. The van der Waals surface area contributed by atoms with E-state index in [-0.39, 0.29) is 0 Å². The maximum Gasteiger partial charge on any atom is 0.235 e. The molecule has 0 saturated heterocycles. The zero-order valence-corrected chi connectivity index (χ0v) is 13.5. The fourth-order valence-electron chi connectivity index (χ4n) is 2.29. The van der Waals surface area contributed by atoms with Crippen LogP contribution in [0.25, 0.3) is 27.1 Å². The van der Waals surface area contributed by atoms with Gasteiger partial charge in [-0.1, -0.05) is 17.4 Å². The highest BCUT2D eigenvalue weighted by molar-refractivity contribution is 7.19. The lowest BCUT2D eigenvalue weighted by molar-refractivity contribution is 0.961. The van der Waals surface area contributed by atoms with Gasteiger partial charge >= 0.3 is 0 Å². The molecule has 0 amide bonds. The number of fused-ring (bicyclic) bond motifs is 1. The third kappa shape index (κ3) is 2.44. The van der Waals surface area contributed by atoms with Crippen molar-refractivity contribution in [3.63, 3.8) is 0 Å². The molecule has 23 heavy (non-hydrogen) atoms. The first-order chi connectivity index (χ1) is 11.2. The van der Waals surface area contributed by atoms with E-state index < -0.39 is 0 Å². The minimum Gasteiger partial charge on any atom is -0.378 e. The zero-order chi connectivity index (χ0) is 15.8. The maximum absolute atomic E-state index is 4.65. The van der Waals surface area contributed by atoms with Crippen molar-refractivity contribution in [2.24, 2.45) is 0 Å². The molecule has 0 radical (unpaired) electrons. The second-order valence-corrected chi connectivity index (χ2v) is 6.24. The lowest BCUT2D eigenvalue weighted by atomic mass is 10.2. The van der Waals surface area contributed by atoms with Gasteiger partial charge in [0.25, 0.3) is 0 Å². The molecule has 3 heterocycles. The molecule has 0 aliphatic carbocycles. The molecule has 114 valence electrons. The van der Waals surface area contributed by atoms with Crippen LogP contribution in [0.3, 0.4) is 0 Å². The van der Waals surface area contributed by atoms with Crippen molar-refractivity contribution < 1.29 is 0 Å². The molecule has 0 unspecified atom stereocenters. The van der Waals surface area contributed by atoms with Gasteiger partial charge in [-0.2, -0.15) is 9.61 Å². The third-order valence-electron chi connectivity index (χ3n) is 3.52. The van der Waals surface area contributed by atoms with E-state index in [9.17, 15) is 0 Å². The van der Waals surface area contributed by atoms with Gasteiger partial charge in [-0.05, 0) is 36.4 Å². The predicted octanol–water partition coefficient (Wildman–Crippen LogP) is 2.98. The van der Waals surface area contributed by atoms with Crippen molar-refractivity contribution in [1.82, 2.24) is 24.8 Å². The first kappa shape index (κ1) is 13.8. The Morgan fingerprint density at radius 2 is 1.83 bits per heavy atom. The van der Waals surface area contributed by atoms with E-state index in [1.807, 2.05) is 32.3 Å². The van der Waals surface area contributed by atoms with Crippen LogP contribution >= 0.6 is 11.3 Å². The minimum absolute atomic E-state index is 0.660. The molecule has 1 aromatic carbocycles. The van der Waals surface area contributed by atoms with Crippen LogP contribution in [0.15, 0.2) is 48.7 Å². The molecule has 0 aliphatic rings. The summed E-state index contributed by atoms with van der Waals surface area (Å²) in [4.78, 5) is 7.15. The number of hydrogen-bond acceptors (Lipinski definition) is 6. The van der Waals surface area contributed by atoms with Crippen LogP contribution in [-0.2, 0) is 0 Å². The monoisotopic (exact) mass is 322 g/mol. The molecule has 7 heteroatoms. The molecule has 4 aromatic rings. The zero-order valence-electron chi connectivity index (χ0n) is 12.7. The Bertz CT molecular complexity index is 940. The van der Waals surface area contributed by atoms with Crippen LogP contribution in [-0.4, -0.2) is 38.9 Å². The summed E-state index contributed by atoms with van der Waals surface area (Å²) in [5.74, 6) is 0.660. The van der Waals surface area contributed by atoms with E-state index in [4.69, 9.17) is 0 Å². The van der Waals surface area contributed by atoms with Crippen molar-refractivity contribution in [1.29, 1.82) is 0 Å². The Kier molecular flexibility index (Phi) is 3.27. The summed E-state index contributed by atoms with van der Waals surface area (Å²) < 4.78 is 1.75. The Morgan fingerprint density at radius 3 is 2.52 bits per heavy atom. The normalized spacial score (nSPS) is 11.0. The second-order valence-electron chi connectivity index (χ2n) is 5.28. The number of benzene rings is 1. The van der Waals surface area contributed by atoms with Crippen LogP contribution in [0.4, 0.5) is 5.69 Å². The first-order valence-corrected chi connectivity index (χ1v) is 7.95. The van der Waals surface area contributed by atoms with Crippen molar-refractivity contribution in [2.45, 2.75) is 0 Å². The van der Waals surface area contributed by atoms with E-state index in [0.29, 0.717) is 5.82 Å². The van der Waals surface area contributed by atoms with Crippen molar-refractivity contribution in [2.75, 3.05) is 19.0 Å². The summed E-state index contributed by atoms with van der Waals surface area (Å²) in [5, 5.41) is 14.0. The van der Waals surface area contributed by atoms with Crippen LogP contribution in [0.2, 0.25) is 0 Å². The standard InChI is InChI=1S/C16H14N6S/c1-21(2)12-8-6-11(7-9-12)15-20-22-14(18-19-16(22)23-15)13-5-3-4-10-17-13/h3-10H,1-2H3. The maximum atomic E-state index is 4.65. The Hall–Kier alpha value is -2.80. The van der Waals surface area contributed by atoms with Gasteiger partial charge in [0.1, 0.15) is 10.7 Å². The molecular formula is C16H14N6S. The molecular weight excluding hydrogens is 308 g/mol. The highest BCUT2D eigenvalue weighted by atomic mass is 32.1. The summed E-state index contributed by atoms with van der Waals surface area (Å²) in [6.07, 6.45) is 1.74. The number of aromatic nitrogens is 5. The van der Waals surface area contributed by atoms with Crippen molar-refractivity contribution in [3.8, 4) is 22.1 Å². The van der Waals surface area contributed by atoms with Crippen LogP contribution < -0.4 is 4.90 Å². The van der Waals surface area contributed by atoms with Gasteiger partial charge in [-0.15, -0.1) is 10.2 Å². The molecule has 3 aromatic heterocycles.